The Morgan fingerprint density at radius 3 is 2.30 bits per heavy atom. The Labute approximate surface area is 133 Å². The molecule has 0 aliphatic carbocycles. The fourth-order valence-corrected chi connectivity index (χ4v) is 1.52. The first-order valence-electron chi connectivity index (χ1n) is 6.83. The number of para-hydroxylation sites is 2. The first-order chi connectivity index (χ1) is 11.1. The van der Waals surface area contributed by atoms with Crippen LogP contribution in [0.15, 0.2) is 36.4 Å². The number of hydrogen-bond acceptors (Lipinski definition) is 7. The Kier molecular flexibility index (Phi) is 7.91. The van der Waals surface area contributed by atoms with E-state index in [1.54, 1.807) is 24.3 Å². The highest BCUT2D eigenvalue weighted by Gasteiger charge is 2.09. The first-order valence-corrected chi connectivity index (χ1v) is 6.83. The number of hydrogen-bond donors (Lipinski definition) is 0. The molecule has 0 unspecified atom stereocenters. The van der Waals surface area contributed by atoms with Gasteiger partial charge in [0.25, 0.3) is 0 Å². The molecule has 0 N–H and O–H groups in total. The minimum absolute atomic E-state index is 0.0331. The molecule has 0 spiro atoms. The maximum Gasteiger partial charge on any atom is 0.331 e. The second-order valence-electron chi connectivity index (χ2n) is 4.25. The highest BCUT2D eigenvalue weighted by atomic mass is 16.6. The van der Waals surface area contributed by atoms with Crippen molar-refractivity contribution in [3.05, 3.63) is 36.4 Å². The third-order valence-corrected chi connectivity index (χ3v) is 2.62. The highest BCUT2D eigenvalue weighted by molar-refractivity contribution is 5.91. The number of esters is 3. The molecule has 0 aromatic heterocycles. The number of rotatable bonds is 8. The van der Waals surface area contributed by atoms with E-state index in [2.05, 4.69) is 4.74 Å². The summed E-state index contributed by atoms with van der Waals surface area (Å²) >= 11 is 0. The number of methoxy groups -OCH3 is 2. The average molecular weight is 322 g/mol. The zero-order chi connectivity index (χ0) is 17.1. The average Bonchev–Trinajstić information content (AvgIpc) is 2.57. The molecule has 1 aromatic carbocycles. The Morgan fingerprint density at radius 1 is 1.00 bits per heavy atom. The van der Waals surface area contributed by atoms with Gasteiger partial charge >= 0.3 is 17.9 Å². The molecule has 1 rings (SSSR count). The molecule has 0 aliphatic rings. The Hall–Kier alpha value is -2.83. The van der Waals surface area contributed by atoms with E-state index in [1.807, 2.05) is 0 Å². The van der Waals surface area contributed by atoms with Crippen molar-refractivity contribution in [1.29, 1.82) is 0 Å². The van der Waals surface area contributed by atoms with Crippen molar-refractivity contribution >= 4 is 17.9 Å². The monoisotopic (exact) mass is 322 g/mol. The highest BCUT2D eigenvalue weighted by Crippen LogP contribution is 2.26. The van der Waals surface area contributed by atoms with Gasteiger partial charge in [-0.05, 0) is 18.6 Å². The van der Waals surface area contributed by atoms with Crippen LogP contribution in [0.4, 0.5) is 0 Å². The van der Waals surface area contributed by atoms with E-state index in [0.717, 1.165) is 12.2 Å². The lowest BCUT2D eigenvalue weighted by Crippen LogP contribution is -2.11. The largest absolute Gasteiger partial charge is 0.493 e. The molecule has 0 saturated heterocycles. The van der Waals surface area contributed by atoms with Crippen LogP contribution in [0.2, 0.25) is 0 Å². The topological polar surface area (TPSA) is 88.1 Å². The lowest BCUT2D eigenvalue weighted by molar-refractivity contribution is -0.140. The van der Waals surface area contributed by atoms with Gasteiger partial charge in [-0.1, -0.05) is 12.1 Å². The van der Waals surface area contributed by atoms with Gasteiger partial charge in [0.1, 0.15) is 0 Å². The van der Waals surface area contributed by atoms with Crippen molar-refractivity contribution in [1.82, 2.24) is 0 Å². The molecular weight excluding hydrogens is 304 g/mol. The van der Waals surface area contributed by atoms with Crippen molar-refractivity contribution in [2.24, 2.45) is 0 Å². The molecule has 0 bridgehead atoms. The van der Waals surface area contributed by atoms with Gasteiger partial charge in [0.15, 0.2) is 11.5 Å². The van der Waals surface area contributed by atoms with Gasteiger partial charge < -0.3 is 18.9 Å². The molecular formula is C16H18O7. The third-order valence-electron chi connectivity index (χ3n) is 2.62. The molecule has 23 heavy (non-hydrogen) atoms. The van der Waals surface area contributed by atoms with Gasteiger partial charge in [0, 0.05) is 18.6 Å². The van der Waals surface area contributed by atoms with E-state index >= 15 is 0 Å². The van der Waals surface area contributed by atoms with Crippen molar-refractivity contribution in [3.63, 3.8) is 0 Å². The maximum absolute atomic E-state index is 11.7. The third kappa shape index (κ3) is 7.12. The fourth-order valence-electron chi connectivity index (χ4n) is 1.52. The van der Waals surface area contributed by atoms with E-state index in [9.17, 15) is 14.4 Å². The second kappa shape index (κ2) is 9.99. The molecule has 0 heterocycles. The molecule has 7 heteroatoms. The summed E-state index contributed by atoms with van der Waals surface area (Å²) in [7, 11) is 2.68. The standard InChI is InChI=1S/C16H18O7/c1-20-12-6-3-4-7-13(12)23-16(19)8-5-11-22-15(18)10-9-14(17)21-2/h3-4,6-7,9-10H,5,8,11H2,1-2H3/b10-9-. The molecule has 7 nitrogen and oxygen atoms in total. The predicted octanol–water partition coefficient (Wildman–Crippen LogP) is 1.65. The minimum Gasteiger partial charge on any atom is -0.493 e. The molecule has 0 aliphatic heterocycles. The van der Waals surface area contributed by atoms with Crippen molar-refractivity contribution < 1.29 is 33.3 Å². The van der Waals surface area contributed by atoms with Crippen LogP contribution in [0.3, 0.4) is 0 Å². The van der Waals surface area contributed by atoms with E-state index in [4.69, 9.17) is 14.2 Å². The fraction of sp³-hybridized carbons (Fsp3) is 0.312. The van der Waals surface area contributed by atoms with Crippen LogP contribution in [0, 0.1) is 0 Å². The summed E-state index contributed by atoms with van der Waals surface area (Å²) in [6.07, 6.45) is 2.29. The predicted molar refractivity (Wildman–Crippen MR) is 80.0 cm³/mol. The number of ether oxygens (including phenoxy) is 4. The van der Waals surface area contributed by atoms with Gasteiger partial charge in [-0.15, -0.1) is 0 Å². The quantitative estimate of drug-likeness (QED) is 0.311. The van der Waals surface area contributed by atoms with Crippen molar-refractivity contribution in [2.75, 3.05) is 20.8 Å². The maximum atomic E-state index is 11.7. The first kappa shape index (κ1) is 18.2. The van der Waals surface area contributed by atoms with Crippen LogP contribution in [0.5, 0.6) is 11.5 Å². The SMILES string of the molecule is COC(=O)/C=C\C(=O)OCCCC(=O)Oc1ccccc1OC. The van der Waals surface area contributed by atoms with E-state index in [-0.39, 0.29) is 13.0 Å². The van der Waals surface area contributed by atoms with Gasteiger partial charge in [0.2, 0.25) is 0 Å². The van der Waals surface area contributed by atoms with Gasteiger partial charge in [0.05, 0.1) is 20.8 Å². The van der Waals surface area contributed by atoms with Crippen LogP contribution in [0.1, 0.15) is 12.8 Å². The molecule has 1 aromatic rings. The number of benzene rings is 1. The summed E-state index contributed by atoms with van der Waals surface area (Å²) in [6.45, 7) is 0.0331. The van der Waals surface area contributed by atoms with Crippen LogP contribution in [-0.4, -0.2) is 38.7 Å². The normalized spacial score (nSPS) is 10.2. The van der Waals surface area contributed by atoms with Crippen LogP contribution in [-0.2, 0) is 23.9 Å². The molecule has 0 amide bonds. The van der Waals surface area contributed by atoms with Gasteiger partial charge in [-0.3, -0.25) is 4.79 Å². The minimum atomic E-state index is -0.687. The Morgan fingerprint density at radius 2 is 1.65 bits per heavy atom. The summed E-state index contributed by atoms with van der Waals surface area (Å²) in [6, 6.07) is 6.78. The Balaban J connectivity index is 2.28. The molecule has 0 fully saturated rings. The summed E-state index contributed by atoms with van der Waals surface area (Å²) in [5.41, 5.74) is 0. The molecule has 124 valence electrons. The van der Waals surface area contributed by atoms with Crippen molar-refractivity contribution in [3.8, 4) is 11.5 Å². The van der Waals surface area contributed by atoms with Gasteiger partial charge in [-0.2, -0.15) is 0 Å². The molecule has 0 atom stereocenters. The van der Waals surface area contributed by atoms with Crippen LogP contribution >= 0.6 is 0 Å². The lowest BCUT2D eigenvalue weighted by atomic mass is 10.3. The zero-order valence-electron chi connectivity index (χ0n) is 12.9. The molecule has 0 saturated carbocycles. The molecule has 0 radical (unpaired) electrons. The van der Waals surface area contributed by atoms with Crippen molar-refractivity contribution in [2.45, 2.75) is 12.8 Å². The van der Waals surface area contributed by atoms with Crippen LogP contribution in [0.25, 0.3) is 0 Å². The summed E-state index contributed by atoms with van der Waals surface area (Å²) in [5.74, 6) is -1.01. The van der Waals surface area contributed by atoms with E-state index < -0.39 is 17.9 Å². The lowest BCUT2D eigenvalue weighted by Gasteiger charge is -2.08. The second-order valence-corrected chi connectivity index (χ2v) is 4.25. The zero-order valence-corrected chi connectivity index (χ0v) is 12.9. The smallest absolute Gasteiger partial charge is 0.331 e. The van der Waals surface area contributed by atoms with Gasteiger partial charge in [-0.25, -0.2) is 9.59 Å². The Bertz CT molecular complexity index is 578. The van der Waals surface area contributed by atoms with E-state index in [0.29, 0.717) is 17.9 Å². The number of carbonyl (C=O) groups excluding carboxylic acids is 3. The van der Waals surface area contributed by atoms with Crippen LogP contribution < -0.4 is 9.47 Å². The summed E-state index contributed by atoms with van der Waals surface area (Å²) < 4.78 is 19.4. The van der Waals surface area contributed by atoms with E-state index in [1.165, 1.54) is 14.2 Å². The summed E-state index contributed by atoms with van der Waals surface area (Å²) in [5, 5.41) is 0. The number of carbonyl (C=O) groups is 3. The summed E-state index contributed by atoms with van der Waals surface area (Å²) in [4.78, 5) is 33.7.